The zero-order valence-corrected chi connectivity index (χ0v) is 30.7. The Hall–Kier alpha value is -3.57. The molecule has 49 heavy (non-hydrogen) atoms. The Morgan fingerprint density at radius 2 is 1.47 bits per heavy atom. The van der Waals surface area contributed by atoms with Crippen molar-refractivity contribution < 1.29 is 58.0 Å². The number of hydrogen-bond donors (Lipinski definition) is 1. The van der Waals surface area contributed by atoms with Gasteiger partial charge >= 0.3 is 27.7 Å². The predicted octanol–water partition coefficient (Wildman–Crippen LogP) is 6.09. The smallest absolute Gasteiger partial charge is 0.456 e. The molecule has 1 amide bonds. The van der Waals surface area contributed by atoms with Gasteiger partial charge in [-0.15, -0.1) is 0 Å². The largest absolute Gasteiger partial charge is 0.534 e. The van der Waals surface area contributed by atoms with Crippen molar-refractivity contribution in [1.29, 1.82) is 0 Å². The Morgan fingerprint density at radius 1 is 0.857 bits per heavy atom. The number of ether oxygens (including phenoxy) is 3. The topological polar surface area (TPSA) is 155 Å². The number of rotatable bonds is 14. The molecule has 1 unspecified atom stereocenters. The fourth-order valence-corrected chi connectivity index (χ4v) is 5.91. The van der Waals surface area contributed by atoms with E-state index in [4.69, 9.17) is 14.2 Å². The van der Waals surface area contributed by atoms with Gasteiger partial charge in [0.2, 0.25) is 10.0 Å². The van der Waals surface area contributed by atoms with E-state index in [0.717, 1.165) is 22.7 Å². The van der Waals surface area contributed by atoms with Crippen LogP contribution < -0.4 is 13.8 Å². The normalized spacial score (nSPS) is 14.0. The van der Waals surface area contributed by atoms with Crippen molar-refractivity contribution >= 4 is 37.9 Å². The first-order valence-corrected chi connectivity index (χ1v) is 18.4. The highest BCUT2D eigenvalue weighted by atomic mass is 32.2. The molecule has 0 spiro atoms. The number of sulfonamides is 1. The first kappa shape index (κ1) is 41.6. The second kappa shape index (κ2) is 15.5. The maximum Gasteiger partial charge on any atom is 0.534 e. The Balaban J connectivity index is 2.46. The fraction of sp³-hybridized carbons (Fsp3) is 0.562. The van der Waals surface area contributed by atoms with E-state index in [1.54, 1.807) is 61.5 Å². The molecular formula is C32H45F3N2O10S2. The van der Waals surface area contributed by atoms with E-state index in [1.807, 2.05) is 0 Å². The number of nitrogens with zero attached hydrogens (tertiary/aromatic N) is 1. The van der Waals surface area contributed by atoms with Gasteiger partial charge in [0.1, 0.15) is 17.0 Å². The van der Waals surface area contributed by atoms with Gasteiger partial charge in [-0.3, -0.25) is 4.31 Å². The Kier molecular flexibility index (Phi) is 13.2. The summed E-state index contributed by atoms with van der Waals surface area (Å²) in [4.78, 5) is 25.9. The first-order valence-electron chi connectivity index (χ1n) is 15.2. The molecule has 276 valence electrons. The van der Waals surface area contributed by atoms with E-state index in [2.05, 4.69) is 9.50 Å². The van der Waals surface area contributed by atoms with Gasteiger partial charge in [-0.2, -0.15) is 21.6 Å². The van der Waals surface area contributed by atoms with Crippen molar-refractivity contribution in [3.63, 3.8) is 0 Å². The molecule has 17 heteroatoms. The number of alkyl carbamates (subject to hydrolysis) is 1. The highest BCUT2D eigenvalue weighted by Gasteiger charge is 2.48. The highest BCUT2D eigenvalue weighted by molar-refractivity contribution is 7.92. The van der Waals surface area contributed by atoms with Gasteiger partial charge in [0.15, 0.2) is 0 Å². The summed E-state index contributed by atoms with van der Waals surface area (Å²) < 4.78 is 109. The third-order valence-electron chi connectivity index (χ3n) is 6.20. The molecule has 2 aromatic carbocycles. The number of halogens is 3. The van der Waals surface area contributed by atoms with Crippen LogP contribution in [0.1, 0.15) is 83.3 Å². The van der Waals surface area contributed by atoms with Crippen LogP contribution in [0.5, 0.6) is 5.75 Å². The van der Waals surface area contributed by atoms with Crippen LogP contribution in [0, 0.1) is 0 Å². The second-order valence-corrected chi connectivity index (χ2v) is 17.2. The molecule has 2 aromatic rings. The van der Waals surface area contributed by atoms with Gasteiger partial charge in [-0.1, -0.05) is 19.1 Å². The molecule has 12 nitrogen and oxygen atoms in total. The second-order valence-electron chi connectivity index (χ2n) is 13.7. The van der Waals surface area contributed by atoms with Crippen molar-refractivity contribution in [2.24, 2.45) is 0 Å². The van der Waals surface area contributed by atoms with E-state index < -0.39 is 60.2 Å². The summed E-state index contributed by atoms with van der Waals surface area (Å²) in [6, 6.07) is 9.36. The van der Waals surface area contributed by atoms with Gasteiger partial charge in [-0.05, 0) is 103 Å². The fourth-order valence-electron chi connectivity index (χ4n) is 4.45. The Labute approximate surface area is 286 Å². The summed E-state index contributed by atoms with van der Waals surface area (Å²) in [5, 5.41) is 2.71. The minimum atomic E-state index is -5.93. The monoisotopic (exact) mass is 738 g/mol. The molecule has 0 aliphatic carbocycles. The van der Waals surface area contributed by atoms with E-state index in [1.165, 1.54) is 24.3 Å². The third kappa shape index (κ3) is 13.7. The first-order chi connectivity index (χ1) is 22.1. The molecule has 0 radical (unpaired) electrons. The van der Waals surface area contributed by atoms with Gasteiger partial charge < -0.3 is 23.7 Å². The quantitative estimate of drug-likeness (QED) is 0.137. The molecule has 0 fully saturated rings. The number of nitrogens with one attached hydrogen (secondary N) is 1. The maximum absolute atomic E-state index is 13.0. The molecule has 0 bridgehead atoms. The summed E-state index contributed by atoms with van der Waals surface area (Å²) >= 11 is 0. The number of alkyl halides is 3. The molecule has 1 N–H and O–H groups in total. The van der Waals surface area contributed by atoms with Crippen LogP contribution in [-0.2, 0) is 47.4 Å². The minimum absolute atomic E-state index is 0.0797. The lowest BCUT2D eigenvalue weighted by atomic mass is 9.93. The summed E-state index contributed by atoms with van der Waals surface area (Å²) in [6.45, 7) is 13.1. The lowest BCUT2D eigenvalue weighted by Gasteiger charge is -2.32. The molecule has 0 saturated carbocycles. The third-order valence-corrected chi connectivity index (χ3v) is 8.37. The number of benzene rings is 2. The maximum atomic E-state index is 13.0. The molecule has 0 aromatic heterocycles. The molecule has 0 saturated heterocycles. The Bertz CT molecular complexity index is 1700. The average Bonchev–Trinajstić information content (AvgIpc) is 2.88. The predicted molar refractivity (Wildman–Crippen MR) is 177 cm³/mol. The van der Waals surface area contributed by atoms with Crippen molar-refractivity contribution in [2.45, 2.75) is 97.1 Å². The highest BCUT2D eigenvalue weighted by Crippen LogP contribution is 2.29. The van der Waals surface area contributed by atoms with Crippen LogP contribution in [0.4, 0.5) is 23.7 Å². The van der Waals surface area contributed by atoms with Crippen LogP contribution in [0.25, 0.3) is 0 Å². The molecular weight excluding hydrogens is 693 g/mol. The van der Waals surface area contributed by atoms with Gasteiger partial charge in [-0.25, -0.2) is 18.0 Å². The molecule has 0 heterocycles. The number of amides is 1. The van der Waals surface area contributed by atoms with Crippen molar-refractivity contribution in [1.82, 2.24) is 5.32 Å². The number of carbonyl (C=O) groups excluding carboxylic acids is 2. The number of carbonyl (C=O) groups is 2. The van der Waals surface area contributed by atoms with E-state index >= 15 is 0 Å². The molecule has 2 rings (SSSR count). The van der Waals surface area contributed by atoms with Crippen molar-refractivity contribution in [2.75, 3.05) is 23.7 Å². The lowest BCUT2D eigenvalue weighted by molar-refractivity contribution is -0.0500. The molecule has 1 atom stereocenters. The van der Waals surface area contributed by atoms with Gasteiger partial charge in [0, 0.05) is 6.54 Å². The van der Waals surface area contributed by atoms with Crippen LogP contribution in [0.3, 0.4) is 0 Å². The van der Waals surface area contributed by atoms with Gasteiger partial charge in [0.25, 0.3) is 0 Å². The molecule has 0 aliphatic heterocycles. The van der Waals surface area contributed by atoms with E-state index in [-0.39, 0.29) is 43.0 Å². The Morgan fingerprint density at radius 3 is 2.00 bits per heavy atom. The molecule has 0 aliphatic rings. The van der Waals surface area contributed by atoms with Crippen molar-refractivity contribution in [3.05, 3.63) is 59.2 Å². The van der Waals surface area contributed by atoms with Crippen molar-refractivity contribution in [3.8, 4) is 5.75 Å². The average molecular weight is 739 g/mol. The number of anilines is 1. The van der Waals surface area contributed by atoms with E-state index in [9.17, 15) is 39.6 Å². The van der Waals surface area contributed by atoms with Crippen LogP contribution in [-0.4, -0.2) is 70.6 Å². The summed E-state index contributed by atoms with van der Waals surface area (Å²) in [5.74, 6) is -1.28. The van der Waals surface area contributed by atoms with Crippen LogP contribution in [0.15, 0.2) is 42.5 Å². The number of esters is 1. The summed E-state index contributed by atoms with van der Waals surface area (Å²) in [5.41, 5.74) is -7.67. The van der Waals surface area contributed by atoms with Crippen LogP contribution >= 0.6 is 0 Å². The zero-order chi connectivity index (χ0) is 37.6. The van der Waals surface area contributed by atoms with Crippen LogP contribution in [0.2, 0.25) is 0 Å². The lowest BCUT2D eigenvalue weighted by Crippen LogP contribution is -2.52. The minimum Gasteiger partial charge on any atom is -0.456 e. The zero-order valence-electron chi connectivity index (χ0n) is 29.1. The SMILES string of the molecule is CCCN(c1cc(COCC(C)(Cc2cccc(OS(=O)(=O)C(F)(F)F)c2)NC(=O)OC(C)(C)C)cc(C(=O)OC(C)(C)C)c1)S(C)(=O)=O. The summed E-state index contributed by atoms with van der Waals surface area (Å²) in [6.07, 6.45) is 0.615. The van der Waals surface area contributed by atoms with Gasteiger partial charge in [0.05, 0.1) is 36.3 Å². The standard InChI is InChI=1S/C32H45F3N2O10S2/c1-10-14-37(48(9,40)41)25-16-23(15-24(18-25)27(38)45-29(2,3)4)20-44-21-31(8,36-28(39)46-30(5,6)7)19-22-12-11-13-26(17-22)47-49(42,43)32(33,34)35/h11-13,15-18H,10,14,19-21H2,1-9H3,(H,36,39). The summed E-state index contributed by atoms with van der Waals surface area (Å²) in [7, 11) is -9.66. The number of hydrogen-bond acceptors (Lipinski definition) is 10. The van der Waals surface area contributed by atoms with E-state index in [0.29, 0.717) is 12.0 Å².